The van der Waals surface area contributed by atoms with Gasteiger partial charge in [-0.3, -0.25) is 4.79 Å². The van der Waals surface area contributed by atoms with Gasteiger partial charge in [-0.15, -0.1) is 11.3 Å². The summed E-state index contributed by atoms with van der Waals surface area (Å²) in [5.74, 6) is 1.99. The van der Waals surface area contributed by atoms with Gasteiger partial charge in [0.1, 0.15) is 5.82 Å². The lowest BCUT2D eigenvalue weighted by Crippen LogP contribution is -2.38. The van der Waals surface area contributed by atoms with Crippen molar-refractivity contribution in [3.63, 3.8) is 0 Å². The van der Waals surface area contributed by atoms with E-state index >= 15 is 0 Å². The first-order chi connectivity index (χ1) is 12.6. The summed E-state index contributed by atoms with van der Waals surface area (Å²) >= 11 is 1.64. The average Bonchev–Trinajstić information content (AvgIpc) is 3.34. The highest BCUT2D eigenvalue weighted by atomic mass is 32.1. The first kappa shape index (κ1) is 17.3. The van der Waals surface area contributed by atoms with Crippen molar-refractivity contribution in [1.82, 2.24) is 14.9 Å². The number of hydrogen-bond acceptors (Lipinski definition) is 6. The van der Waals surface area contributed by atoms with Crippen LogP contribution in [0, 0.1) is 0 Å². The lowest BCUT2D eigenvalue weighted by atomic mass is 10.1. The number of amides is 1. The minimum Gasteiger partial charge on any atom is -0.362 e. The van der Waals surface area contributed by atoms with E-state index in [1.807, 2.05) is 41.4 Å². The second-order valence-corrected chi connectivity index (χ2v) is 8.21. The number of rotatable bonds is 4. The van der Waals surface area contributed by atoms with Crippen LogP contribution < -0.4 is 9.80 Å². The van der Waals surface area contributed by atoms with E-state index < -0.39 is 0 Å². The average molecular weight is 372 g/mol. The molecule has 7 heteroatoms. The summed E-state index contributed by atoms with van der Waals surface area (Å²) in [4.78, 5) is 29.8. The maximum atomic E-state index is 12.7. The normalized spacial score (nSPS) is 16.7. The Morgan fingerprint density at radius 1 is 1.23 bits per heavy atom. The third-order valence-electron chi connectivity index (χ3n) is 5.10. The van der Waals surface area contributed by atoms with Crippen LogP contribution in [-0.4, -0.2) is 54.5 Å². The van der Waals surface area contributed by atoms with Crippen LogP contribution in [0.25, 0.3) is 0 Å². The Kier molecular flexibility index (Phi) is 4.80. The number of hydrogen-bond donors (Lipinski definition) is 0. The second kappa shape index (κ2) is 7.23. The van der Waals surface area contributed by atoms with E-state index in [0.29, 0.717) is 13.0 Å². The van der Waals surface area contributed by atoms with E-state index in [2.05, 4.69) is 4.90 Å². The molecule has 4 heterocycles. The Balaban J connectivity index is 1.58. The molecule has 2 aliphatic rings. The van der Waals surface area contributed by atoms with Gasteiger partial charge in [0, 0.05) is 50.6 Å². The van der Waals surface area contributed by atoms with Gasteiger partial charge in [0.05, 0.1) is 18.7 Å². The van der Waals surface area contributed by atoms with Crippen LogP contribution in [0.3, 0.4) is 0 Å². The van der Waals surface area contributed by atoms with Crippen molar-refractivity contribution in [3.8, 4) is 0 Å². The zero-order valence-electron chi connectivity index (χ0n) is 15.4. The molecule has 2 aliphatic heterocycles. The van der Waals surface area contributed by atoms with Crippen molar-refractivity contribution in [2.45, 2.75) is 32.2 Å². The van der Waals surface area contributed by atoms with Gasteiger partial charge in [0.15, 0.2) is 0 Å². The standard InChI is InChI=1S/C19H25N5OS/c1-22(2)18-15-13-24(17(25)12-14-6-5-11-26-14)10-7-16(15)20-19(21-18)23-8-3-4-9-23/h5-6,11H,3-4,7-10,12-13H2,1-2H3. The molecule has 1 saturated heterocycles. The van der Waals surface area contributed by atoms with E-state index in [4.69, 9.17) is 9.97 Å². The van der Waals surface area contributed by atoms with Crippen molar-refractivity contribution >= 4 is 29.0 Å². The number of carbonyl (C=O) groups is 1. The molecule has 4 rings (SSSR count). The largest absolute Gasteiger partial charge is 0.362 e. The molecule has 0 bridgehead atoms. The molecule has 0 atom stereocenters. The van der Waals surface area contributed by atoms with Gasteiger partial charge in [-0.25, -0.2) is 4.98 Å². The number of aromatic nitrogens is 2. The predicted molar refractivity (Wildman–Crippen MR) is 105 cm³/mol. The van der Waals surface area contributed by atoms with Crippen LogP contribution in [0.15, 0.2) is 17.5 Å². The highest BCUT2D eigenvalue weighted by Crippen LogP contribution is 2.29. The molecule has 2 aromatic rings. The Labute approximate surface area is 158 Å². The summed E-state index contributed by atoms with van der Waals surface area (Å²) in [6, 6.07) is 4.02. The highest BCUT2D eigenvalue weighted by Gasteiger charge is 2.28. The zero-order chi connectivity index (χ0) is 18.1. The number of nitrogens with zero attached hydrogens (tertiary/aromatic N) is 5. The van der Waals surface area contributed by atoms with E-state index in [0.717, 1.165) is 54.0 Å². The fourth-order valence-corrected chi connectivity index (χ4v) is 4.40. The number of carbonyl (C=O) groups excluding carboxylic acids is 1. The first-order valence-electron chi connectivity index (χ1n) is 9.24. The van der Waals surface area contributed by atoms with Gasteiger partial charge < -0.3 is 14.7 Å². The minimum absolute atomic E-state index is 0.187. The van der Waals surface area contributed by atoms with Crippen LogP contribution in [0.2, 0.25) is 0 Å². The van der Waals surface area contributed by atoms with Crippen molar-refractivity contribution in [2.24, 2.45) is 0 Å². The molecule has 26 heavy (non-hydrogen) atoms. The third-order valence-corrected chi connectivity index (χ3v) is 5.97. The van der Waals surface area contributed by atoms with Crippen molar-refractivity contribution in [2.75, 3.05) is 43.5 Å². The summed E-state index contributed by atoms with van der Waals surface area (Å²) in [7, 11) is 4.03. The molecular formula is C19H25N5OS. The fraction of sp³-hybridized carbons (Fsp3) is 0.526. The van der Waals surface area contributed by atoms with Gasteiger partial charge in [-0.2, -0.15) is 4.98 Å². The van der Waals surface area contributed by atoms with Crippen LogP contribution in [-0.2, 0) is 24.2 Å². The summed E-state index contributed by atoms with van der Waals surface area (Å²) in [5.41, 5.74) is 2.20. The summed E-state index contributed by atoms with van der Waals surface area (Å²) in [5, 5.41) is 2.02. The van der Waals surface area contributed by atoms with E-state index in [1.54, 1.807) is 11.3 Å². The van der Waals surface area contributed by atoms with Gasteiger partial charge in [-0.1, -0.05) is 6.07 Å². The molecule has 0 aliphatic carbocycles. The molecule has 0 N–H and O–H groups in total. The molecule has 0 spiro atoms. The third kappa shape index (κ3) is 3.40. The Morgan fingerprint density at radius 3 is 2.73 bits per heavy atom. The summed E-state index contributed by atoms with van der Waals surface area (Å²) < 4.78 is 0. The lowest BCUT2D eigenvalue weighted by molar-refractivity contribution is -0.131. The van der Waals surface area contributed by atoms with Gasteiger partial charge in [0.2, 0.25) is 11.9 Å². The number of anilines is 2. The highest BCUT2D eigenvalue weighted by molar-refractivity contribution is 7.10. The Bertz CT molecular complexity index is 783. The first-order valence-corrected chi connectivity index (χ1v) is 10.1. The van der Waals surface area contributed by atoms with Gasteiger partial charge in [-0.05, 0) is 24.3 Å². The molecule has 6 nitrogen and oxygen atoms in total. The maximum Gasteiger partial charge on any atom is 0.228 e. The summed E-state index contributed by atoms with van der Waals surface area (Å²) in [6.07, 6.45) is 3.71. The van der Waals surface area contributed by atoms with Gasteiger partial charge >= 0.3 is 0 Å². The smallest absolute Gasteiger partial charge is 0.228 e. The van der Waals surface area contributed by atoms with Crippen molar-refractivity contribution in [1.29, 1.82) is 0 Å². The quantitative estimate of drug-likeness (QED) is 0.826. The summed E-state index contributed by atoms with van der Waals surface area (Å²) in [6.45, 7) is 3.42. The number of thiophene rings is 1. The zero-order valence-corrected chi connectivity index (χ0v) is 16.3. The van der Waals surface area contributed by atoms with Crippen LogP contribution >= 0.6 is 11.3 Å². The molecular weight excluding hydrogens is 346 g/mol. The molecule has 0 radical (unpaired) electrons. The topological polar surface area (TPSA) is 52.6 Å². The fourth-order valence-electron chi connectivity index (χ4n) is 3.70. The molecule has 1 fully saturated rings. The Hall–Kier alpha value is -2.15. The van der Waals surface area contributed by atoms with E-state index in [9.17, 15) is 4.79 Å². The number of fused-ring (bicyclic) bond motifs is 1. The van der Waals surface area contributed by atoms with Crippen LogP contribution in [0.5, 0.6) is 0 Å². The van der Waals surface area contributed by atoms with Crippen LogP contribution in [0.4, 0.5) is 11.8 Å². The van der Waals surface area contributed by atoms with E-state index in [-0.39, 0.29) is 5.91 Å². The second-order valence-electron chi connectivity index (χ2n) is 7.18. The monoisotopic (exact) mass is 371 g/mol. The minimum atomic E-state index is 0.187. The van der Waals surface area contributed by atoms with Crippen LogP contribution in [0.1, 0.15) is 29.0 Å². The lowest BCUT2D eigenvalue weighted by Gasteiger charge is -2.32. The SMILES string of the molecule is CN(C)c1nc(N2CCCC2)nc2c1CN(C(=O)Cc1cccs1)CC2. The molecule has 0 unspecified atom stereocenters. The Morgan fingerprint density at radius 2 is 2.04 bits per heavy atom. The predicted octanol–water partition coefficient (Wildman–Crippen LogP) is 2.33. The van der Waals surface area contributed by atoms with Crippen molar-refractivity contribution in [3.05, 3.63) is 33.6 Å². The molecule has 2 aromatic heterocycles. The maximum absolute atomic E-state index is 12.7. The molecule has 0 saturated carbocycles. The molecule has 138 valence electrons. The molecule has 1 amide bonds. The molecule has 0 aromatic carbocycles. The van der Waals surface area contributed by atoms with Crippen molar-refractivity contribution < 1.29 is 4.79 Å². The van der Waals surface area contributed by atoms with Gasteiger partial charge in [0.25, 0.3) is 0 Å². The van der Waals surface area contributed by atoms with E-state index in [1.165, 1.54) is 12.8 Å².